The lowest BCUT2D eigenvalue weighted by Crippen LogP contribution is -2.39. The van der Waals surface area contributed by atoms with Crippen LogP contribution >= 0.6 is 11.6 Å². The van der Waals surface area contributed by atoms with E-state index in [9.17, 15) is 17.6 Å². The quantitative estimate of drug-likeness (QED) is 0.694. The number of unbranched alkanes of at least 4 members (excludes halogenated alkanes) is 2. The van der Waals surface area contributed by atoms with Crippen molar-refractivity contribution in [1.82, 2.24) is 4.31 Å². The molecule has 0 spiro atoms. The summed E-state index contributed by atoms with van der Waals surface area (Å²) in [5.74, 6) is -2.06. The molecule has 1 rings (SSSR count). The highest BCUT2D eigenvalue weighted by atomic mass is 35.5. The molecule has 0 saturated heterocycles. The maximum absolute atomic E-state index is 13.9. The molecule has 0 heterocycles. The number of carbonyl (C=O) groups is 1. The Hall–Kier alpha value is -1.18. The van der Waals surface area contributed by atoms with Crippen molar-refractivity contribution >= 4 is 27.5 Å². The van der Waals surface area contributed by atoms with Gasteiger partial charge in [-0.2, -0.15) is 4.31 Å². The Morgan fingerprint density at radius 1 is 1.36 bits per heavy atom. The number of primary amides is 1. The molecule has 0 atom stereocenters. The van der Waals surface area contributed by atoms with Crippen LogP contribution in [0.3, 0.4) is 0 Å². The molecule has 0 fully saturated rings. The van der Waals surface area contributed by atoms with Gasteiger partial charge in [0.1, 0.15) is 5.82 Å². The summed E-state index contributed by atoms with van der Waals surface area (Å²) in [7, 11) is -3.86. The van der Waals surface area contributed by atoms with Gasteiger partial charge in [-0.15, -0.1) is 0 Å². The van der Waals surface area contributed by atoms with Gasteiger partial charge in [-0.3, -0.25) is 4.79 Å². The number of carbonyl (C=O) groups excluding carboxylic acids is 1. The molecular weight excluding hydrogens is 331 g/mol. The lowest BCUT2D eigenvalue weighted by molar-refractivity contribution is -0.118. The number of halogens is 2. The van der Waals surface area contributed by atoms with Crippen LogP contribution in [0.5, 0.6) is 0 Å². The predicted molar refractivity (Wildman–Crippen MR) is 84.3 cm³/mol. The molecule has 124 valence electrons. The molecular formula is C14H20ClFN2O3S. The van der Waals surface area contributed by atoms with Gasteiger partial charge in [0.25, 0.3) is 0 Å². The summed E-state index contributed by atoms with van der Waals surface area (Å²) >= 11 is 5.65. The third kappa shape index (κ3) is 5.55. The number of benzene rings is 1. The fraction of sp³-hybridized carbons (Fsp3) is 0.500. The normalized spacial score (nSPS) is 11.8. The fourth-order valence-electron chi connectivity index (χ4n) is 1.98. The number of nitrogens with zero attached hydrogens (tertiary/aromatic N) is 1. The second kappa shape index (κ2) is 8.45. The minimum Gasteiger partial charge on any atom is -0.369 e. The summed E-state index contributed by atoms with van der Waals surface area (Å²) in [4.78, 5) is 11.1. The van der Waals surface area contributed by atoms with Gasteiger partial charge in [0.15, 0.2) is 0 Å². The van der Waals surface area contributed by atoms with Crippen molar-refractivity contribution in [1.29, 1.82) is 0 Å². The minimum absolute atomic E-state index is 0.0301. The van der Waals surface area contributed by atoms with Gasteiger partial charge in [0, 0.05) is 12.1 Å². The van der Waals surface area contributed by atoms with E-state index in [0.29, 0.717) is 6.42 Å². The Balaban J connectivity index is 2.95. The van der Waals surface area contributed by atoms with Crippen molar-refractivity contribution in [3.05, 3.63) is 34.6 Å². The molecule has 0 bridgehead atoms. The van der Waals surface area contributed by atoms with Gasteiger partial charge >= 0.3 is 0 Å². The van der Waals surface area contributed by atoms with Gasteiger partial charge in [-0.05, 0) is 12.5 Å². The fourth-order valence-corrected chi connectivity index (χ4v) is 3.70. The monoisotopic (exact) mass is 350 g/mol. The summed E-state index contributed by atoms with van der Waals surface area (Å²) in [6.07, 6.45) is 2.35. The number of amides is 1. The van der Waals surface area contributed by atoms with Crippen molar-refractivity contribution in [3.8, 4) is 0 Å². The number of hydrogen-bond donors (Lipinski definition) is 1. The Morgan fingerprint density at radius 2 is 2.05 bits per heavy atom. The van der Waals surface area contributed by atoms with E-state index in [0.717, 1.165) is 17.1 Å². The number of hydrogen-bond acceptors (Lipinski definition) is 3. The highest BCUT2D eigenvalue weighted by Gasteiger charge is 2.25. The molecule has 1 aromatic carbocycles. The Kier molecular flexibility index (Phi) is 7.25. The van der Waals surface area contributed by atoms with Crippen molar-refractivity contribution in [2.45, 2.75) is 31.9 Å². The largest absolute Gasteiger partial charge is 0.369 e. The smallest absolute Gasteiger partial charge is 0.232 e. The highest BCUT2D eigenvalue weighted by Crippen LogP contribution is 2.21. The first-order valence-electron chi connectivity index (χ1n) is 6.97. The van der Waals surface area contributed by atoms with E-state index < -0.39 is 34.0 Å². The Labute approximate surface area is 135 Å². The van der Waals surface area contributed by atoms with Crippen LogP contribution in [0.2, 0.25) is 5.02 Å². The molecule has 5 nitrogen and oxygen atoms in total. The standard InChI is InChI=1S/C14H20ClFN2O3S/c1-2-3-4-8-18(9-13(17)19)22(20,21)10-11-6-5-7-12(15)14(11)16/h5-7H,2-4,8-10H2,1H3,(H2,17,19). The number of nitrogens with two attached hydrogens (primary N) is 1. The summed E-state index contributed by atoms with van der Waals surface area (Å²) in [5.41, 5.74) is 5.07. The van der Waals surface area contributed by atoms with Gasteiger partial charge in [-0.25, -0.2) is 12.8 Å². The van der Waals surface area contributed by atoms with E-state index in [1.54, 1.807) is 0 Å². The summed E-state index contributed by atoms with van der Waals surface area (Å²) < 4.78 is 39.7. The van der Waals surface area contributed by atoms with Crippen LogP contribution in [0, 0.1) is 5.82 Å². The summed E-state index contributed by atoms with van der Waals surface area (Å²) in [6.45, 7) is 1.75. The zero-order chi connectivity index (χ0) is 16.8. The molecule has 0 radical (unpaired) electrons. The molecule has 2 N–H and O–H groups in total. The SMILES string of the molecule is CCCCCN(CC(N)=O)S(=O)(=O)Cc1cccc(Cl)c1F. The first-order chi connectivity index (χ1) is 10.3. The summed E-state index contributed by atoms with van der Waals surface area (Å²) in [5, 5.41) is -0.139. The van der Waals surface area contributed by atoms with Crippen molar-refractivity contribution in [2.24, 2.45) is 5.73 Å². The van der Waals surface area contributed by atoms with E-state index in [4.69, 9.17) is 17.3 Å². The van der Waals surface area contributed by atoms with E-state index in [-0.39, 0.29) is 17.1 Å². The van der Waals surface area contributed by atoms with Gasteiger partial charge < -0.3 is 5.73 Å². The molecule has 0 aliphatic heterocycles. The third-order valence-electron chi connectivity index (χ3n) is 3.11. The second-order valence-corrected chi connectivity index (χ2v) is 7.35. The maximum atomic E-state index is 13.9. The zero-order valence-electron chi connectivity index (χ0n) is 12.4. The van der Waals surface area contributed by atoms with E-state index in [2.05, 4.69) is 0 Å². The molecule has 0 saturated carbocycles. The minimum atomic E-state index is -3.86. The first-order valence-corrected chi connectivity index (χ1v) is 8.95. The predicted octanol–water partition coefficient (Wildman–Crippen LogP) is 2.29. The van der Waals surface area contributed by atoms with E-state index in [1.165, 1.54) is 18.2 Å². The van der Waals surface area contributed by atoms with Crippen LogP contribution in [0.1, 0.15) is 31.7 Å². The van der Waals surface area contributed by atoms with E-state index in [1.807, 2.05) is 6.92 Å². The Bertz CT molecular complexity index is 623. The molecule has 8 heteroatoms. The van der Waals surface area contributed by atoms with Crippen LogP contribution in [0.25, 0.3) is 0 Å². The Morgan fingerprint density at radius 3 is 2.64 bits per heavy atom. The maximum Gasteiger partial charge on any atom is 0.232 e. The molecule has 22 heavy (non-hydrogen) atoms. The van der Waals surface area contributed by atoms with Crippen molar-refractivity contribution in [2.75, 3.05) is 13.1 Å². The third-order valence-corrected chi connectivity index (χ3v) is 5.17. The zero-order valence-corrected chi connectivity index (χ0v) is 14.0. The van der Waals surface area contributed by atoms with Crippen LogP contribution in [0.15, 0.2) is 18.2 Å². The topological polar surface area (TPSA) is 80.5 Å². The van der Waals surface area contributed by atoms with Crippen molar-refractivity contribution < 1.29 is 17.6 Å². The molecule has 0 aliphatic carbocycles. The second-order valence-electron chi connectivity index (χ2n) is 4.98. The lowest BCUT2D eigenvalue weighted by atomic mass is 10.2. The number of rotatable bonds is 9. The molecule has 1 amide bonds. The van der Waals surface area contributed by atoms with Crippen LogP contribution in [-0.2, 0) is 20.6 Å². The molecule has 1 aromatic rings. The van der Waals surface area contributed by atoms with Crippen LogP contribution < -0.4 is 5.73 Å². The summed E-state index contributed by atoms with van der Waals surface area (Å²) in [6, 6.07) is 4.18. The number of sulfonamides is 1. The molecule has 0 aromatic heterocycles. The average molecular weight is 351 g/mol. The van der Waals surface area contributed by atoms with E-state index >= 15 is 0 Å². The van der Waals surface area contributed by atoms with Crippen LogP contribution in [0.4, 0.5) is 4.39 Å². The van der Waals surface area contributed by atoms with Gasteiger partial charge in [0.05, 0.1) is 17.3 Å². The highest BCUT2D eigenvalue weighted by molar-refractivity contribution is 7.88. The molecule has 0 unspecified atom stereocenters. The first kappa shape index (κ1) is 18.9. The van der Waals surface area contributed by atoms with Gasteiger partial charge in [-0.1, -0.05) is 43.5 Å². The molecule has 0 aliphatic rings. The van der Waals surface area contributed by atoms with Gasteiger partial charge in [0.2, 0.25) is 15.9 Å². The average Bonchev–Trinajstić information content (AvgIpc) is 2.42. The van der Waals surface area contributed by atoms with Crippen LogP contribution in [-0.4, -0.2) is 31.7 Å². The lowest BCUT2D eigenvalue weighted by Gasteiger charge is -2.21. The van der Waals surface area contributed by atoms with Crippen molar-refractivity contribution in [3.63, 3.8) is 0 Å².